The van der Waals surface area contributed by atoms with Crippen LogP contribution >= 0.6 is 0 Å². The molecule has 1 N–H and O–H groups in total. The van der Waals surface area contributed by atoms with Crippen LogP contribution in [0, 0.1) is 0 Å². The molecule has 8 nitrogen and oxygen atoms in total. The molecule has 2 fully saturated rings. The van der Waals surface area contributed by atoms with Gasteiger partial charge >= 0.3 is 0 Å². The lowest BCUT2D eigenvalue weighted by molar-refractivity contribution is 0.102. The number of aromatic nitrogens is 2. The number of benzene rings is 1. The molecular formula is C21H25N5O3S. The van der Waals surface area contributed by atoms with E-state index in [0.717, 1.165) is 38.6 Å². The molecule has 0 unspecified atom stereocenters. The topological polar surface area (TPSA) is 96.7 Å². The number of carbonyl (C=O) groups excluding carboxylic acids is 1. The van der Waals surface area contributed by atoms with Gasteiger partial charge in [0.2, 0.25) is 0 Å². The van der Waals surface area contributed by atoms with Crippen molar-refractivity contribution in [3.05, 3.63) is 36.0 Å². The average molecular weight is 428 g/mol. The van der Waals surface area contributed by atoms with Crippen LogP contribution in [-0.2, 0) is 10.0 Å². The number of carbonyl (C=O) groups is 1. The van der Waals surface area contributed by atoms with E-state index in [9.17, 15) is 13.2 Å². The Morgan fingerprint density at radius 1 is 1.07 bits per heavy atom. The third kappa shape index (κ3) is 3.40. The minimum absolute atomic E-state index is 0.102. The largest absolute Gasteiger partial charge is 0.328 e. The van der Waals surface area contributed by atoms with Crippen molar-refractivity contribution in [2.45, 2.75) is 62.3 Å². The maximum Gasteiger partial charge on any atom is 0.286 e. The molecule has 3 heterocycles. The van der Waals surface area contributed by atoms with Gasteiger partial charge < -0.3 is 10.2 Å². The summed E-state index contributed by atoms with van der Waals surface area (Å²) >= 11 is 0. The van der Waals surface area contributed by atoms with Crippen LogP contribution in [0.15, 0.2) is 39.8 Å². The van der Waals surface area contributed by atoms with Crippen LogP contribution in [0.3, 0.4) is 0 Å². The van der Waals surface area contributed by atoms with Crippen LogP contribution in [0.1, 0.15) is 67.8 Å². The molecule has 1 aromatic heterocycles. The van der Waals surface area contributed by atoms with Crippen LogP contribution < -0.4 is 10.2 Å². The number of anilines is 2. The highest BCUT2D eigenvalue weighted by molar-refractivity contribution is 7.90. The Labute approximate surface area is 176 Å². The molecule has 3 aliphatic rings. The van der Waals surface area contributed by atoms with E-state index in [1.165, 1.54) is 18.9 Å². The number of nitrogens with one attached hydrogen (secondary N) is 1. The van der Waals surface area contributed by atoms with E-state index >= 15 is 0 Å². The van der Waals surface area contributed by atoms with Gasteiger partial charge in [-0.05, 0) is 43.9 Å². The Morgan fingerprint density at radius 3 is 2.73 bits per heavy atom. The normalized spacial score (nSPS) is 20.8. The van der Waals surface area contributed by atoms with E-state index in [-0.39, 0.29) is 10.8 Å². The summed E-state index contributed by atoms with van der Waals surface area (Å²) in [5.74, 6) is 0.899. The summed E-state index contributed by atoms with van der Waals surface area (Å²) in [4.78, 5) is 15.0. The molecule has 0 radical (unpaired) electrons. The van der Waals surface area contributed by atoms with Crippen LogP contribution in [-0.4, -0.2) is 36.5 Å². The van der Waals surface area contributed by atoms with Gasteiger partial charge in [-0.2, -0.15) is 13.5 Å². The molecule has 2 aliphatic heterocycles. The van der Waals surface area contributed by atoms with Gasteiger partial charge in [0.15, 0.2) is 0 Å². The molecule has 0 spiro atoms. The highest BCUT2D eigenvalue weighted by Crippen LogP contribution is 2.35. The fourth-order valence-corrected chi connectivity index (χ4v) is 5.95. The van der Waals surface area contributed by atoms with Crippen LogP contribution in [0.4, 0.5) is 11.5 Å². The first-order valence-corrected chi connectivity index (χ1v) is 12.1. The van der Waals surface area contributed by atoms with E-state index in [4.69, 9.17) is 0 Å². The highest BCUT2D eigenvalue weighted by Gasteiger charge is 2.32. The maximum absolute atomic E-state index is 12.9. The van der Waals surface area contributed by atoms with Gasteiger partial charge in [-0.25, -0.2) is 4.68 Å². The lowest BCUT2D eigenvalue weighted by Crippen LogP contribution is -2.35. The third-order valence-corrected chi connectivity index (χ3v) is 7.53. The zero-order chi connectivity index (χ0) is 20.7. The number of nitrogens with zero attached hydrogens (tertiary/aromatic N) is 4. The predicted molar refractivity (Wildman–Crippen MR) is 115 cm³/mol. The fraction of sp³-hybridized carbons (Fsp3) is 0.476. The Bertz CT molecular complexity index is 1120. The summed E-state index contributed by atoms with van der Waals surface area (Å²) < 4.78 is 31.5. The molecule has 1 saturated heterocycles. The molecule has 1 amide bonds. The number of amides is 1. The van der Waals surface area contributed by atoms with E-state index < -0.39 is 10.0 Å². The minimum atomic E-state index is -3.82. The van der Waals surface area contributed by atoms with Crippen molar-refractivity contribution < 1.29 is 13.2 Å². The van der Waals surface area contributed by atoms with Crippen molar-refractivity contribution in [1.29, 1.82) is 0 Å². The van der Waals surface area contributed by atoms with E-state index in [1.807, 2.05) is 9.58 Å². The Balaban J connectivity index is 1.44. The Kier molecular flexibility index (Phi) is 4.85. The summed E-state index contributed by atoms with van der Waals surface area (Å²) in [6.07, 6.45) is 9.77. The summed E-state index contributed by atoms with van der Waals surface area (Å²) in [5.41, 5.74) is 0.916. The summed E-state index contributed by atoms with van der Waals surface area (Å²) in [6.45, 7) is 0.744. The van der Waals surface area contributed by atoms with Crippen molar-refractivity contribution >= 4 is 33.3 Å². The highest BCUT2D eigenvalue weighted by atomic mass is 32.2. The van der Waals surface area contributed by atoms with Gasteiger partial charge in [0, 0.05) is 24.6 Å². The first-order chi connectivity index (χ1) is 14.5. The summed E-state index contributed by atoms with van der Waals surface area (Å²) in [7, 11) is -3.82. The molecule has 30 heavy (non-hydrogen) atoms. The molecule has 9 heteroatoms. The monoisotopic (exact) mass is 427 g/mol. The van der Waals surface area contributed by atoms with Crippen LogP contribution in [0.25, 0.3) is 0 Å². The molecule has 1 aromatic carbocycles. The second-order valence-corrected chi connectivity index (χ2v) is 9.75. The molecule has 2 aromatic rings. The first kappa shape index (κ1) is 19.3. The van der Waals surface area contributed by atoms with Crippen molar-refractivity contribution in [3.8, 4) is 0 Å². The number of hydrogen-bond acceptors (Lipinski definition) is 5. The van der Waals surface area contributed by atoms with E-state index in [1.54, 1.807) is 24.4 Å². The lowest BCUT2D eigenvalue weighted by Gasteiger charge is -2.29. The van der Waals surface area contributed by atoms with Crippen molar-refractivity contribution in [2.24, 2.45) is 4.40 Å². The quantitative estimate of drug-likeness (QED) is 0.805. The summed E-state index contributed by atoms with van der Waals surface area (Å²) in [6, 6.07) is 6.94. The maximum atomic E-state index is 12.9. The van der Waals surface area contributed by atoms with Gasteiger partial charge in [-0.1, -0.05) is 19.3 Å². The van der Waals surface area contributed by atoms with E-state index in [2.05, 4.69) is 14.8 Å². The second kappa shape index (κ2) is 7.54. The minimum Gasteiger partial charge on any atom is -0.328 e. The first-order valence-electron chi connectivity index (χ1n) is 10.6. The average Bonchev–Trinajstić information content (AvgIpc) is 3.36. The second-order valence-electron chi connectivity index (χ2n) is 8.18. The zero-order valence-corrected chi connectivity index (χ0v) is 17.6. The zero-order valence-electron chi connectivity index (χ0n) is 16.7. The Morgan fingerprint density at radius 2 is 1.90 bits per heavy atom. The predicted octanol–water partition coefficient (Wildman–Crippen LogP) is 3.73. The summed E-state index contributed by atoms with van der Waals surface area (Å²) in [5, 5.41) is 7.28. The van der Waals surface area contributed by atoms with Gasteiger partial charge in [-0.3, -0.25) is 4.79 Å². The smallest absolute Gasteiger partial charge is 0.286 e. The fourth-order valence-electron chi connectivity index (χ4n) is 4.66. The number of hydrogen-bond donors (Lipinski definition) is 1. The molecule has 158 valence electrons. The molecule has 1 saturated carbocycles. The van der Waals surface area contributed by atoms with E-state index in [0.29, 0.717) is 35.4 Å². The number of amidine groups is 1. The molecular weight excluding hydrogens is 402 g/mol. The molecule has 5 rings (SSSR count). The SMILES string of the molecule is O=C(Nc1ccnn1C1CCCC1)c1ccc2c(c1)S(=O)(=O)N=C1CCCCCN12. The Hall–Kier alpha value is -2.68. The number of sulfonamides is 1. The molecule has 0 bridgehead atoms. The number of rotatable bonds is 3. The third-order valence-electron chi connectivity index (χ3n) is 6.19. The van der Waals surface area contributed by atoms with Crippen LogP contribution in [0.5, 0.6) is 0 Å². The van der Waals surface area contributed by atoms with Crippen molar-refractivity contribution in [1.82, 2.24) is 9.78 Å². The number of fused-ring (bicyclic) bond motifs is 3. The molecule has 1 aliphatic carbocycles. The van der Waals surface area contributed by atoms with Crippen molar-refractivity contribution in [2.75, 3.05) is 16.8 Å². The standard InChI is InChI=1S/C21H25N5O3S/c27-21(23-19-11-12-22-26(19)16-6-3-4-7-16)15-9-10-17-18(14-15)30(28,29)24-20-8-2-1-5-13-25(17)20/h9-12,14,16H,1-8,13H2,(H,23,27). The van der Waals surface area contributed by atoms with Crippen LogP contribution in [0.2, 0.25) is 0 Å². The van der Waals surface area contributed by atoms with Crippen molar-refractivity contribution in [3.63, 3.8) is 0 Å². The van der Waals surface area contributed by atoms with Gasteiger partial charge in [0.05, 0.1) is 17.9 Å². The lowest BCUT2D eigenvalue weighted by atomic mass is 10.1. The van der Waals surface area contributed by atoms with Gasteiger partial charge in [0.25, 0.3) is 15.9 Å². The van der Waals surface area contributed by atoms with Gasteiger partial charge in [-0.15, -0.1) is 4.40 Å². The molecule has 0 atom stereocenters. The van der Waals surface area contributed by atoms with Gasteiger partial charge in [0.1, 0.15) is 16.5 Å².